The fourth-order valence-electron chi connectivity index (χ4n) is 3.25. The number of carbonyl (C=O) groups is 1. The predicted molar refractivity (Wildman–Crippen MR) is 102 cm³/mol. The molecule has 0 radical (unpaired) electrons. The summed E-state index contributed by atoms with van der Waals surface area (Å²) in [5, 5.41) is 0.838. The normalized spacial score (nSPS) is 10.8. The highest BCUT2D eigenvalue weighted by molar-refractivity contribution is 7.53. The Morgan fingerprint density at radius 2 is 1.35 bits per heavy atom. The average molecular weight is 359 g/mol. The molecule has 0 saturated heterocycles. The van der Waals surface area contributed by atoms with Crippen LogP contribution in [0.5, 0.6) is 0 Å². The van der Waals surface area contributed by atoms with E-state index in [1.54, 1.807) is 0 Å². The number of H-pyrrole nitrogens is 1. The van der Waals surface area contributed by atoms with Crippen molar-refractivity contribution in [2.24, 2.45) is 0 Å². The van der Waals surface area contributed by atoms with Crippen LogP contribution in [0.2, 0.25) is 0 Å². The van der Waals surface area contributed by atoms with Crippen LogP contribution in [-0.2, 0) is 9.13 Å². The lowest BCUT2D eigenvalue weighted by molar-refractivity contribution is 0.107. The molecular weight excluding hydrogens is 345 g/mol. The van der Waals surface area contributed by atoms with Crippen LogP contribution >= 0.6 is 7.68 Å². The molecule has 1 heterocycles. The molecule has 0 fully saturated rings. The van der Waals surface area contributed by atoms with Gasteiger partial charge in [-0.15, -0.1) is 0 Å². The molecule has 0 atom stereocenters. The third-order valence-corrected chi connectivity index (χ3v) is 4.91. The Balaban J connectivity index is 2.13. The number of hydrogen-bond acceptors (Lipinski definition) is 3. The standard InChI is InChI=1S/C21H14NO3P/c23-21(26(24)25)20-18(15-10-5-2-6-11-15)19-16(12-7-13-17(19)22-20)14-8-3-1-4-9-14/h1-13,22H. The van der Waals surface area contributed by atoms with E-state index >= 15 is 0 Å². The Bertz CT molecular complexity index is 1170. The van der Waals surface area contributed by atoms with Crippen LogP contribution in [0.3, 0.4) is 0 Å². The molecule has 0 aliphatic rings. The second-order valence-electron chi connectivity index (χ2n) is 5.90. The number of benzene rings is 3. The van der Waals surface area contributed by atoms with Gasteiger partial charge in [0.05, 0.1) is 0 Å². The minimum Gasteiger partial charge on any atom is -0.351 e. The number of nitrogens with one attached hydrogen (secondary N) is 1. The molecule has 0 bridgehead atoms. The highest BCUT2D eigenvalue weighted by Gasteiger charge is 2.24. The van der Waals surface area contributed by atoms with Crippen molar-refractivity contribution in [3.8, 4) is 22.3 Å². The largest absolute Gasteiger partial charge is 0.391 e. The van der Waals surface area contributed by atoms with Gasteiger partial charge in [-0.2, -0.15) is 0 Å². The summed E-state index contributed by atoms with van der Waals surface area (Å²) in [6, 6.07) is 24.9. The summed E-state index contributed by atoms with van der Waals surface area (Å²) in [7, 11) is -3.22. The first-order valence-electron chi connectivity index (χ1n) is 8.11. The van der Waals surface area contributed by atoms with E-state index in [1.165, 1.54) is 0 Å². The lowest BCUT2D eigenvalue weighted by Gasteiger charge is -2.08. The zero-order valence-electron chi connectivity index (χ0n) is 13.7. The maximum atomic E-state index is 12.3. The molecule has 1 aromatic heterocycles. The van der Waals surface area contributed by atoms with Gasteiger partial charge in [0.25, 0.3) is 0 Å². The van der Waals surface area contributed by atoms with Crippen LogP contribution in [0.15, 0.2) is 78.9 Å². The Morgan fingerprint density at radius 1 is 0.731 bits per heavy atom. The van der Waals surface area contributed by atoms with Crippen molar-refractivity contribution >= 4 is 24.1 Å². The first-order valence-corrected chi connectivity index (χ1v) is 9.29. The van der Waals surface area contributed by atoms with Crippen molar-refractivity contribution < 1.29 is 13.9 Å². The van der Waals surface area contributed by atoms with Crippen LogP contribution in [0.4, 0.5) is 0 Å². The molecule has 1 N–H and O–H groups in total. The van der Waals surface area contributed by atoms with Crippen molar-refractivity contribution in [1.29, 1.82) is 0 Å². The van der Waals surface area contributed by atoms with E-state index in [2.05, 4.69) is 4.98 Å². The summed E-state index contributed by atoms with van der Waals surface area (Å²) in [4.78, 5) is 15.3. The molecule has 5 heteroatoms. The SMILES string of the molecule is O=C(c1[nH]c2cccc(-c3ccccc3)c2c1-c1ccccc1)P(=O)=O. The number of aromatic nitrogens is 1. The average Bonchev–Trinajstić information content (AvgIpc) is 3.08. The van der Waals surface area contributed by atoms with E-state index in [0.717, 1.165) is 27.6 Å². The first kappa shape index (κ1) is 16.2. The van der Waals surface area contributed by atoms with Gasteiger partial charge in [-0.05, 0) is 22.8 Å². The van der Waals surface area contributed by atoms with E-state index < -0.39 is 13.2 Å². The fourth-order valence-corrected chi connectivity index (χ4v) is 3.60. The zero-order valence-corrected chi connectivity index (χ0v) is 14.6. The van der Waals surface area contributed by atoms with Crippen LogP contribution < -0.4 is 0 Å². The van der Waals surface area contributed by atoms with Gasteiger partial charge in [0.1, 0.15) is 5.69 Å². The van der Waals surface area contributed by atoms with Gasteiger partial charge in [0.15, 0.2) is 0 Å². The Hall–Kier alpha value is -3.23. The van der Waals surface area contributed by atoms with Crippen LogP contribution in [0.25, 0.3) is 33.2 Å². The third-order valence-electron chi connectivity index (χ3n) is 4.35. The minimum absolute atomic E-state index is 0.102. The molecule has 0 saturated carbocycles. The number of hydrogen-bond donors (Lipinski definition) is 1. The molecule has 0 aliphatic carbocycles. The molecule has 0 aliphatic heterocycles. The van der Waals surface area contributed by atoms with Gasteiger partial charge in [-0.1, -0.05) is 72.8 Å². The summed E-state index contributed by atoms with van der Waals surface area (Å²) in [5.74, 6) is 0. The Labute approximate surface area is 150 Å². The van der Waals surface area contributed by atoms with E-state index in [9.17, 15) is 13.9 Å². The van der Waals surface area contributed by atoms with Crippen LogP contribution in [0, 0.1) is 0 Å². The lowest BCUT2D eigenvalue weighted by atomic mass is 9.95. The van der Waals surface area contributed by atoms with Crippen molar-refractivity contribution in [3.05, 3.63) is 84.6 Å². The smallest absolute Gasteiger partial charge is 0.351 e. The number of carbonyl (C=O) groups excluding carboxylic acids is 1. The molecule has 126 valence electrons. The molecule has 0 spiro atoms. The van der Waals surface area contributed by atoms with E-state index in [-0.39, 0.29) is 5.69 Å². The fraction of sp³-hybridized carbons (Fsp3) is 0. The summed E-state index contributed by atoms with van der Waals surface area (Å²) in [6.45, 7) is 0. The number of rotatable bonds is 4. The monoisotopic (exact) mass is 359 g/mol. The van der Waals surface area contributed by atoms with Gasteiger partial charge in [-0.25, -0.2) is 9.13 Å². The minimum atomic E-state index is -3.22. The second-order valence-corrected chi connectivity index (χ2v) is 6.82. The van der Waals surface area contributed by atoms with Gasteiger partial charge in [-0.3, -0.25) is 4.79 Å². The first-order chi connectivity index (χ1) is 12.7. The molecule has 4 nitrogen and oxygen atoms in total. The van der Waals surface area contributed by atoms with Crippen molar-refractivity contribution in [3.63, 3.8) is 0 Å². The predicted octanol–water partition coefficient (Wildman–Crippen LogP) is 5.82. The molecular formula is C21H14NO3P. The Morgan fingerprint density at radius 3 is 1.96 bits per heavy atom. The summed E-state index contributed by atoms with van der Waals surface area (Å²) >= 11 is 0. The molecule has 0 amide bonds. The lowest BCUT2D eigenvalue weighted by Crippen LogP contribution is -1.93. The van der Waals surface area contributed by atoms with Crippen LogP contribution in [0.1, 0.15) is 10.5 Å². The van der Waals surface area contributed by atoms with Crippen molar-refractivity contribution in [1.82, 2.24) is 4.98 Å². The van der Waals surface area contributed by atoms with Gasteiger partial charge >= 0.3 is 13.2 Å². The molecule has 3 aromatic carbocycles. The molecule has 4 rings (SSSR count). The number of fused-ring (bicyclic) bond motifs is 1. The van der Waals surface area contributed by atoms with Gasteiger partial charge < -0.3 is 4.98 Å². The second kappa shape index (κ2) is 6.58. The van der Waals surface area contributed by atoms with E-state index in [1.807, 2.05) is 78.9 Å². The van der Waals surface area contributed by atoms with E-state index in [4.69, 9.17) is 0 Å². The van der Waals surface area contributed by atoms with Gasteiger partial charge in [0, 0.05) is 16.5 Å². The quantitative estimate of drug-likeness (QED) is 0.467. The third kappa shape index (κ3) is 2.71. The summed E-state index contributed by atoms with van der Waals surface area (Å²) in [5.41, 5.74) is 3.27. The van der Waals surface area contributed by atoms with Crippen molar-refractivity contribution in [2.45, 2.75) is 0 Å². The maximum absolute atomic E-state index is 12.3. The van der Waals surface area contributed by atoms with Gasteiger partial charge in [0.2, 0.25) is 0 Å². The Kier molecular flexibility index (Phi) is 4.11. The zero-order chi connectivity index (χ0) is 18.1. The molecule has 0 unspecified atom stereocenters. The highest BCUT2D eigenvalue weighted by Crippen LogP contribution is 2.40. The topological polar surface area (TPSA) is 67.0 Å². The number of aromatic amines is 1. The van der Waals surface area contributed by atoms with Crippen molar-refractivity contribution in [2.75, 3.05) is 0 Å². The summed E-state index contributed by atoms with van der Waals surface area (Å²) < 4.78 is 22.8. The molecule has 4 aromatic rings. The maximum Gasteiger partial charge on any atom is 0.391 e. The highest BCUT2D eigenvalue weighted by atomic mass is 31.1. The molecule has 26 heavy (non-hydrogen) atoms. The van der Waals surface area contributed by atoms with Crippen LogP contribution in [-0.4, -0.2) is 10.5 Å². The summed E-state index contributed by atoms with van der Waals surface area (Å²) in [6.07, 6.45) is 0. The van der Waals surface area contributed by atoms with E-state index in [0.29, 0.717) is 5.56 Å².